The van der Waals surface area contributed by atoms with Crippen molar-refractivity contribution in [3.63, 3.8) is 0 Å². The highest BCUT2D eigenvalue weighted by molar-refractivity contribution is 5.79. The third-order valence-electron chi connectivity index (χ3n) is 2.19. The van der Waals surface area contributed by atoms with Gasteiger partial charge in [-0.2, -0.15) is 8.78 Å². The van der Waals surface area contributed by atoms with Crippen LogP contribution in [0.25, 0.3) is 0 Å². The summed E-state index contributed by atoms with van der Waals surface area (Å²) in [4.78, 5) is 10.9. The molecule has 0 aliphatic rings. The molecule has 0 atom stereocenters. The summed E-state index contributed by atoms with van der Waals surface area (Å²) in [5.74, 6) is -4.91. The Bertz CT molecular complexity index is 418. The highest BCUT2D eigenvalue weighted by Gasteiger charge is 2.42. The van der Waals surface area contributed by atoms with Gasteiger partial charge in [0.15, 0.2) is 11.5 Å². The van der Waals surface area contributed by atoms with Gasteiger partial charge < -0.3 is 14.2 Å². The molecule has 0 saturated carbocycles. The third kappa shape index (κ3) is 2.46. The van der Waals surface area contributed by atoms with Crippen LogP contribution in [0, 0.1) is 0 Å². The summed E-state index contributed by atoms with van der Waals surface area (Å²) in [6.45, 7) is 0. The lowest BCUT2D eigenvalue weighted by Crippen LogP contribution is -2.27. The molecule has 0 spiro atoms. The fraction of sp³-hybridized carbons (Fsp3) is 0.364. The van der Waals surface area contributed by atoms with Gasteiger partial charge in [0.25, 0.3) is 0 Å². The summed E-state index contributed by atoms with van der Waals surface area (Å²) >= 11 is 0. The summed E-state index contributed by atoms with van der Waals surface area (Å²) in [7, 11) is 3.60. The second-order valence-corrected chi connectivity index (χ2v) is 3.14. The van der Waals surface area contributed by atoms with Gasteiger partial charge >= 0.3 is 11.9 Å². The zero-order chi connectivity index (χ0) is 13.1. The molecule has 0 fully saturated rings. The van der Waals surface area contributed by atoms with Crippen LogP contribution in [-0.4, -0.2) is 27.3 Å². The zero-order valence-corrected chi connectivity index (χ0v) is 9.62. The predicted molar refractivity (Wildman–Crippen MR) is 55.5 cm³/mol. The third-order valence-corrected chi connectivity index (χ3v) is 2.19. The number of rotatable bonds is 4. The van der Waals surface area contributed by atoms with Crippen LogP contribution in [0.1, 0.15) is 5.56 Å². The molecule has 6 heteroatoms. The van der Waals surface area contributed by atoms with Gasteiger partial charge in [0.1, 0.15) is 0 Å². The maximum absolute atomic E-state index is 13.5. The molecule has 0 amide bonds. The molecule has 0 N–H and O–H groups in total. The van der Waals surface area contributed by atoms with E-state index >= 15 is 0 Å². The van der Waals surface area contributed by atoms with E-state index in [2.05, 4.69) is 4.74 Å². The van der Waals surface area contributed by atoms with Crippen LogP contribution in [0.4, 0.5) is 8.78 Å². The Hall–Kier alpha value is -1.85. The van der Waals surface area contributed by atoms with Gasteiger partial charge in [-0.1, -0.05) is 0 Å². The van der Waals surface area contributed by atoms with Crippen molar-refractivity contribution in [2.45, 2.75) is 5.92 Å². The molecule has 0 saturated heterocycles. The molecule has 0 heterocycles. The molecular formula is C11H12F2O4. The van der Waals surface area contributed by atoms with Crippen molar-refractivity contribution in [3.05, 3.63) is 23.8 Å². The van der Waals surface area contributed by atoms with Crippen molar-refractivity contribution in [1.29, 1.82) is 0 Å². The van der Waals surface area contributed by atoms with Crippen molar-refractivity contribution < 1.29 is 27.8 Å². The van der Waals surface area contributed by atoms with Crippen molar-refractivity contribution >= 4 is 5.97 Å². The fourth-order valence-corrected chi connectivity index (χ4v) is 1.28. The molecular weight excluding hydrogens is 234 g/mol. The molecule has 1 aromatic rings. The summed E-state index contributed by atoms with van der Waals surface area (Å²) in [5.41, 5.74) is -0.512. The van der Waals surface area contributed by atoms with Crippen LogP contribution in [0.2, 0.25) is 0 Å². The second kappa shape index (κ2) is 4.99. The molecule has 1 aromatic carbocycles. The maximum atomic E-state index is 13.5. The number of hydrogen-bond acceptors (Lipinski definition) is 4. The van der Waals surface area contributed by atoms with Crippen LogP contribution in [0.3, 0.4) is 0 Å². The number of halogens is 2. The molecule has 17 heavy (non-hydrogen) atoms. The Morgan fingerprint density at radius 3 is 2.18 bits per heavy atom. The first-order valence-electron chi connectivity index (χ1n) is 4.66. The second-order valence-electron chi connectivity index (χ2n) is 3.14. The number of alkyl halides is 2. The van der Waals surface area contributed by atoms with E-state index in [1.54, 1.807) is 0 Å². The number of methoxy groups -OCH3 is 3. The number of esters is 1. The van der Waals surface area contributed by atoms with E-state index in [1.807, 2.05) is 0 Å². The van der Waals surface area contributed by atoms with Crippen molar-refractivity contribution in [2.24, 2.45) is 0 Å². The lowest BCUT2D eigenvalue weighted by molar-refractivity contribution is -0.170. The number of benzene rings is 1. The number of carbonyl (C=O) groups excluding carboxylic acids is 1. The summed E-state index contributed by atoms with van der Waals surface area (Å²) in [6.07, 6.45) is 0. The topological polar surface area (TPSA) is 44.8 Å². The minimum absolute atomic E-state index is 0.119. The normalized spacial score (nSPS) is 10.9. The minimum atomic E-state index is -3.71. The van der Waals surface area contributed by atoms with Gasteiger partial charge in [-0.15, -0.1) is 0 Å². The molecule has 0 aliphatic heterocycles. The predicted octanol–water partition coefficient (Wildman–Crippen LogP) is 1.97. The lowest BCUT2D eigenvalue weighted by atomic mass is 10.1. The van der Waals surface area contributed by atoms with Crippen LogP contribution >= 0.6 is 0 Å². The van der Waals surface area contributed by atoms with Crippen molar-refractivity contribution in [2.75, 3.05) is 21.3 Å². The lowest BCUT2D eigenvalue weighted by Gasteiger charge is -2.15. The van der Waals surface area contributed by atoms with Gasteiger partial charge in [-0.3, -0.25) is 0 Å². The largest absolute Gasteiger partial charge is 0.493 e. The first-order valence-corrected chi connectivity index (χ1v) is 4.66. The molecule has 0 bridgehead atoms. The van der Waals surface area contributed by atoms with Crippen LogP contribution in [0.5, 0.6) is 11.5 Å². The van der Waals surface area contributed by atoms with E-state index in [0.717, 1.165) is 19.2 Å². The summed E-state index contributed by atoms with van der Waals surface area (Å²) in [6, 6.07) is 3.42. The first kappa shape index (κ1) is 13.2. The Labute approximate surface area is 97.1 Å². The molecule has 0 radical (unpaired) electrons. The van der Waals surface area contributed by atoms with Gasteiger partial charge in [-0.05, 0) is 18.2 Å². The number of carbonyl (C=O) groups is 1. The van der Waals surface area contributed by atoms with Crippen LogP contribution < -0.4 is 9.47 Å². The van der Waals surface area contributed by atoms with E-state index in [9.17, 15) is 13.6 Å². The SMILES string of the molecule is COC(=O)C(F)(F)c1ccc(OC)c(OC)c1. The van der Waals surface area contributed by atoms with E-state index < -0.39 is 17.5 Å². The maximum Gasteiger partial charge on any atom is 0.381 e. The Balaban J connectivity index is 3.19. The minimum Gasteiger partial charge on any atom is -0.493 e. The van der Waals surface area contributed by atoms with Crippen molar-refractivity contribution in [1.82, 2.24) is 0 Å². The molecule has 94 valence electrons. The van der Waals surface area contributed by atoms with Gasteiger partial charge in [-0.25, -0.2) is 4.79 Å². The highest BCUT2D eigenvalue weighted by Crippen LogP contribution is 2.35. The Kier molecular flexibility index (Phi) is 3.88. The van der Waals surface area contributed by atoms with E-state index in [-0.39, 0.29) is 5.75 Å². The average molecular weight is 246 g/mol. The monoisotopic (exact) mass is 246 g/mol. The van der Waals surface area contributed by atoms with E-state index in [1.165, 1.54) is 20.3 Å². The van der Waals surface area contributed by atoms with Crippen LogP contribution in [-0.2, 0) is 15.5 Å². The molecule has 0 aliphatic carbocycles. The van der Waals surface area contributed by atoms with Crippen LogP contribution in [0.15, 0.2) is 18.2 Å². The quantitative estimate of drug-likeness (QED) is 0.762. The zero-order valence-electron chi connectivity index (χ0n) is 9.62. The first-order chi connectivity index (χ1) is 7.97. The van der Waals surface area contributed by atoms with E-state index in [4.69, 9.17) is 9.47 Å². The summed E-state index contributed by atoms with van der Waals surface area (Å²) < 4.78 is 40.9. The Morgan fingerprint density at radius 1 is 1.12 bits per heavy atom. The number of hydrogen-bond donors (Lipinski definition) is 0. The highest BCUT2D eigenvalue weighted by atomic mass is 19.3. The van der Waals surface area contributed by atoms with Gasteiger partial charge in [0.05, 0.1) is 21.3 Å². The Morgan fingerprint density at radius 2 is 1.71 bits per heavy atom. The van der Waals surface area contributed by atoms with E-state index in [0.29, 0.717) is 5.75 Å². The van der Waals surface area contributed by atoms with Crippen molar-refractivity contribution in [3.8, 4) is 11.5 Å². The average Bonchev–Trinajstić information content (AvgIpc) is 2.36. The standard InChI is InChI=1S/C11H12F2O4/c1-15-8-5-4-7(6-9(8)16-2)11(12,13)10(14)17-3/h4-6H,1-3H3. The molecule has 0 aromatic heterocycles. The van der Waals surface area contributed by atoms with Gasteiger partial charge in [0, 0.05) is 5.56 Å². The molecule has 1 rings (SSSR count). The summed E-state index contributed by atoms with van der Waals surface area (Å²) in [5, 5.41) is 0. The number of ether oxygens (including phenoxy) is 3. The molecule has 0 unspecified atom stereocenters. The smallest absolute Gasteiger partial charge is 0.381 e. The fourth-order valence-electron chi connectivity index (χ4n) is 1.28. The molecule has 4 nitrogen and oxygen atoms in total. The van der Waals surface area contributed by atoms with Gasteiger partial charge in [0.2, 0.25) is 0 Å².